The number of amides is 1. The average Bonchev–Trinajstić information content (AvgIpc) is 3.27. The molecule has 110 valence electrons. The van der Waals surface area contributed by atoms with Gasteiger partial charge < -0.3 is 19.9 Å². The molecule has 1 saturated carbocycles. The SMILES string of the molecule is COc1cc(CO)cc(Cl)c1OCC(=O)NCC1CC1. The van der Waals surface area contributed by atoms with Gasteiger partial charge in [0.1, 0.15) is 0 Å². The van der Waals surface area contributed by atoms with E-state index in [2.05, 4.69) is 5.32 Å². The quantitative estimate of drug-likeness (QED) is 0.805. The minimum Gasteiger partial charge on any atom is -0.493 e. The van der Waals surface area contributed by atoms with E-state index in [4.69, 9.17) is 26.2 Å². The minimum atomic E-state index is -0.179. The van der Waals surface area contributed by atoms with Crippen LogP contribution in [0.5, 0.6) is 11.5 Å². The first-order valence-corrected chi connectivity index (χ1v) is 6.88. The van der Waals surface area contributed by atoms with Crippen LogP contribution in [0.15, 0.2) is 12.1 Å². The van der Waals surface area contributed by atoms with Gasteiger partial charge in [0.2, 0.25) is 0 Å². The molecule has 0 saturated heterocycles. The van der Waals surface area contributed by atoms with Crippen molar-refractivity contribution in [3.8, 4) is 11.5 Å². The number of aliphatic hydroxyl groups is 1. The molecule has 1 aliphatic rings. The first-order chi connectivity index (χ1) is 9.63. The summed E-state index contributed by atoms with van der Waals surface area (Å²) in [6, 6.07) is 3.21. The Morgan fingerprint density at radius 3 is 2.85 bits per heavy atom. The highest BCUT2D eigenvalue weighted by atomic mass is 35.5. The van der Waals surface area contributed by atoms with Gasteiger partial charge >= 0.3 is 0 Å². The smallest absolute Gasteiger partial charge is 0.257 e. The molecule has 1 aromatic carbocycles. The molecule has 6 heteroatoms. The third-order valence-corrected chi connectivity index (χ3v) is 3.38. The maximum absolute atomic E-state index is 11.6. The van der Waals surface area contributed by atoms with Crippen LogP contribution in [0.3, 0.4) is 0 Å². The molecule has 0 aromatic heterocycles. The molecule has 1 fully saturated rings. The molecule has 0 unspecified atom stereocenters. The molecular formula is C14H18ClNO4. The third kappa shape index (κ3) is 4.02. The van der Waals surface area contributed by atoms with Crippen LogP contribution in [0.25, 0.3) is 0 Å². The number of benzene rings is 1. The lowest BCUT2D eigenvalue weighted by Gasteiger charge is -2.13. The number of hydrogen-bond donors (Lipinski definition) is 2. The molecular weight excluding hydrogens is 282 g/mol. The highest BCUT2D eigenvalue weighted by molar-refractivity contribution is 6.32. The Morgan fingerprint density at radius 2 is 2.25 bits per heavy atom. The van der Waals surface area contributed by atoms with E-state index in [1.807, 2.05) is 0 Å². The first kappa shape index (κ1) is 14.9. The van der Waals surface area contributed by atoms with E-state index >= 15 is 0 Å². The number of methoxy groups -OCH3 is 1. The Hall–Kier alpha value is -1.46. The van der Waals surface area contributed by atoms with Crippen LogP contribution < -0.4 is 14.8 Å². The van der Waals surface area contributed by atoms with Gasteiger partial charge in [-0.25, -0.2) is 0 Å². The second-order valence-electron chi connectivity index (χ2n) is 4.80. The van der Waals surface area contributed by atoms with Gasteiger partial charge in [0.05, 0.1) is 18.7 Å². The van der Waals surface area contributed by atoms with Crippen molar-refractivity contribution in [1.82, 2.24) is 5.32 Å². The van der Waals surface area contributed by atoms with Crippen LogP contribution in [0.4, 0.5) is 0 Å². The van der Waals surface area contributed by atoms with Crippen molar-refractivity contribution >= 4 is 17.5 Å². The molecule has 0 bridgehead atoms. The predicted molar refractivity (Wildman–Crippen MR) is 75.2 cm³/mol. The summed E-state index contributed by atoms with van der Waals surface area (Å²) in [6.45, 7) is 0.454. The lowest BCUT2D eigenvalue weighted by molar-refractivity contribution is -0.123. The fourth-order valence-electron chi connectivity index (χ4n) is 1.77. The summed E-state index contributed by atoms with van der Waals surface area (Å²) in [5, 5.41) is 12.2. The number of nitrogens with one attached hydrogen (secondary N) is 1. The predicted octanol–water partition coefficient (Wildman–Crippen LogP) is 1.75. The fourth-order valence-corrected chi connectivity index (χ4v) is 2.06. The van der Waals surface area contributed by atoms with E-state index in [0.29, 0.717) is 34.5 Å². The zero-order valence-corrected chi connectivity index (χ0v) is 12.1. The van der Waals surface area contributed by atoms with E-state index in [0.717, 1.165) is 0 Å². The molecule has 1 aliphatic carbocycles. The number of ether oxygens (including phenoxy) is 2. The van der Waals surface area contributed by atoms with Crippen molar-refractivity contribution in [2.45, 2.75) is 19.4 Å². The van der Waals surface area contributed by atoms with E-state index in [1.165, 1.54) is 20.0 Å². The maximum Gasteiger partial charge on any atom is 0.257 e. The van der Waals surface area contributed by atoms with Gasteiger partial charge in [0.15, 0.2) is 18.1 Å². The lowest BCUT2D eigenvalue weighted by Crippen LogP contribution is -2.30. The average molecular weight is 300 g/mol. The molecule has 5 nitrogen and oxygen atoms in total. The number of rotatable bonds is 7. The van der Waals surface area contributed by atoms with Gasteiger partial charge in [-0.1, -0.05) is 11.6 Å². The van der Waals surface area contributed by atoms with E-state index in [1.54, 1.807) is 12.1 Å². The molecule has 0 heterocycles. The standard InChI is InChI=1S/C14H18ClNO4/c1-19-12-5-10(7-17)4-11(15)14(12)20-8-13(18)16-6-9-2-3-9/h4-5,9,17H,2-3,6-8H2,1H3,(H,16,18). The Labute approximate surface area is 122 Å². The highest BCUT2D eigenvalue weighted by Crippen LogP contribution is 2.36. The third-order valence-electron chi connectivity index (χ3n) is 3.10. The number of hydrogen-bond acceptors (Lipinski definition) is 4. The van der Waals surface area contributed by atoms with E-state index in [9.17, 15) is 4.79 Å². The Balaban J connectivity index is 1.95. The van der Waals surface area contributed by atoms with Crippen molar-refractivity contribution in [2.75, 3.05) is 20.3 Å². The van der Waals surface area contributed by atoms with Gasteiger partial charge in [0.25, 0.3) is 5.91 Å². The normalized spacial score (nSPS) is 13.9. The van der Waals surface area contributed by atoms with Crippen LogP contribution in [0.2, 0.25) is 5.02 Å². The fraction of sp³-hybridized carbons (Fsp3) is 0.500. The monoisotopic (exact) mass is 299 g/mol. The first-order valence-electron chi connectivity index (χ1n) is 6.50. The lowest BCUT2D eigenvalue weighted by atomic mass is 10.2. The number of halogens is 1. The van der Waals surface area contributed by atoms with Gasteiger partial charge in [-0.3, -0.25) is 4.79 Å². The van der Waals surface area contributed by atoms with Crippen molar-refractivity contribution < 1.29 is 19.4 Å². The van der Waals surface area contributed by atoms with Crippen LogP contribution in [-0.2, 0) is 11.4 Å². The van der Waals surface area contributed by atoms with Crippen molar-refractivity contribution in [1.29, 1.82) is 0 Å². The van der Waals surface area contributed by atoms with Crippen LogP contribution in [-0.4, -0.2) is 31.3 Å². The maximum atomic E-state index is 11.6. The molecule has 1 amide bonds. The number of aliphatic hydroxyl groups excluding tert-OH is 1. The minimum absolute atomic E-state index is 0.110. The summed E-state index contributed by atoms with van der Waals surface area (Å²) in [5.74, 6) is 1.16. The Morgan fingerprint density at radius 1 is 1.50 bits per heavy atom. The summed E-state index contributed by atoms with van der Waals surface area (Å²) in [5.41, 5.74) is 0.623. The molecule has 2 rings (SSSR count). The molecule has 0 atom stereocenters. The summed E-state index contributed by atoms with van der Waals surface area (Å²) < 4.78 is 10.6. The number of carbonyl (C=O) groups excluding carboxylic acids is 1. The van der Waals surface area contributed by atoms with Gasteiger partial charge in [0, 0.05) is 6.54 Å². The van der Waals surface area contributed by atoms with Crippen molar-refractivity contribution in [2.24, 2.45) is 5.92 Å². The van der Waals surface area contributed by atoms with Gasteiger partial charge in [-0.2, -0.15) is 0 Å². The molecule has 0 aliphatic heterocycles. The second kappa shape index (κ2) is 6.81. The van der Waals surface area contributed by atoms with Gasteiger partial charge in [-0.15, -0.1) is 0 Å². The van der Waals surface area contributed by atoms with E-state index < -0.39 is 0 Å². The zero-order valence-electron chi connectivity index (χ0n) is 11.3. The summed E-state index contributed by atoms with van der Waals surface area (Å²) in [4.78, 5) is 11.6. The zero-order chi connectivity index (χ0) is 14.5. The van der Waals surface area contributed by atoms with Crippen molar-refractivity contribution in [3.63, 3.8) is 0 Å². The highest BCUT2D eigenvalue weighted by Gasteiger charge is 2.22. The topological polar surface area (TPSA) is 67.8 Å². The summed E-state index contributed by atoms with van der Waals surface area (Å²) in [7, 11) is 1.48. The molecule has 2 N–H and O–H groups in total. The Kier molecular flexibility index (Phi) is 5.09. The van der Waals surface area contributed by atoms with Crippen LogP contribution in [0.1, 0.15) is 18.4 Å². The van der Waals surface area contributed by atoms with Crippen LogP contribution >= 0.6 is 11.6 Å². The molecule has 1 aromatic rings. The molecule has 0 radical (unpaired) electrons. The largest absolute Gasteiger partial charge is 0.493 e. The molecule has 0 spiro atoms. The number of carbonyl (C=O) groups is 1. The Bertz CT molecular complexity index is 488. The van der Waals surface area contributed by atoms with Crippen LogP contribution in [0, 0.1) is 5.92 Å². The summed E-state index contributed by atoms with van der Waals surface area (Å²) >= 11 is 6.07. The second-order valence-corrected chi connectivity index (χ2v) is 5.21. The van der Waals surface area contributed by atoms with Gasteiger partial charge in [-0.05, 0) is 36.5 Å². The van der Waals surface area contributed by atoms with E-state index in [-0.39, 0.29) is 19.1 Å². The van der Waals surface area contributed by atoms with Crippen molar-refractivity contribution in [3.05, 3.63) is 22.7 Å². The summed E-state index contributed by atoms with van der Waals surface area (Å²) in [6.07, 6.45) is 2.37. The molecule has 20 heavy (non-hydrogen) atoms.